The van der Waals surface area contributed by atoms with Crippen LogP contribution in [-0.4, -0.2) is 60.7 Å². The number of hydrogen-bond donors (Lipinski definition) is 3. The summed E-state index contributed by atoms with van der Waals surface area (Å²) >= 11 is 6.52. The van der Waals surface area contributed by atoms with Crippen molar-refractivity contribution < 1.29 is 34.3 Å². The quantitative estimate of drug-likeness (QED) is 0.532. The van der Waals surface area contributed by atoms with E-state index in [1.165, 1.54) is 7.11 Å². The van der Waals surface area contributed by atoms with Gasteiger partial charge in [-0.15, -0.1) is 0 Å². The fourth-order valence-corrected chi connectivity index (χ4v) is 3.73. The summed E-state index contributed by atoms with van der Waals surface area (Å²) in [5, 5.41) is 31.5. The lowest BCUT2D eigenvalue weighted by atomic mass is 9.91. The molecule has 5 atom stereocenters. The fraction of sp³-hybridized carbons (Fsp3) is 0.391. The van der Waals surface area contributed by atoms with Crippen molar-refractivity contribution >= 4 is 11.6 Å². The van der Waals surface area contributed by atoms with Gasteiger partial charge in [-0.25, -0.2) is 0 Å². The summed E-state index contributed by atoms with van der Waals surface area (Å²) in [4.78, 5) is 0. The molecule has 1 heterocycles. The molecule has 0 aromatic heterocycles. The lowest BCUT2D eigenvalue weighted by Gasteiger charge is -2.40. The molecule has 1 saturated heterocycles. The molecule has 0 spiro atoms. The van der Waals surface area contributed by atoms with Gasteiger partial charge >= 0.3 is 0 Å². The summed E-state index contributed by atoms with van der Waals surface area (Å²) in [7, 11) is 2.95. The van der Waals surface area contributed by atoms with Crippen molar-refractivity contribution in [2.75, 3.05) is 20.8 Å². The predicted molar refractivity (Wildman–Crippen MR) is 116 cm³/mol. The Labute approximate surface area is 186 Å². The van der Waals surface area contributed by atoms with E-state index in [-0.39, 0.29) is 6.61 Å². The number of hydrogen-bond acceptors (Lipinski definition) is 7. The van der Waals surface area contributed by atoms with E-state index in [2.05, 4.69) is 6.58 Å². The van der Waals surface area contributed by atoms with Gasteiger partial charge in [0, 0.05) is 17.7 Å². The zero-order valence-electron chi connectivity index (χ0n) is 17.4. The molecule has 1 fully saturated rings. The number of ether oxygens (including phenoxy) is 4. The van der Waals surface area contributed by atoms with Gasteiger partial charge in [-0.3, -0.25) is 0 Å². The Morgan fingerprint density at radius 1 is 1.06 bits per heavy atom. The van der Waals surface area contributed by atoms with Crippen LogP contribution in [0.4, 0.5) is 0 Å². The molecule has 2 aromatic rings. The molecule has 0 bridgehead atoms. The summed E-state index contributed by atoms with van der Waals surface area (Å²) < 4.78 is 21.8. The van der Waals surface area contributed by atoms with Gasteiger partial charge < -0.3 is 34.3 Å². The maximum atomic E-state index is 10.6. The first-order valence-corrected chi connectivity index (χ1v) is 10.2. The minimum Gasteiger partial charge on any atom is -0.497 e. The zero-order valence-corrected chi connectivity index (χ0v) is 18.2. The zero-order chi connectivity index (χ0) is 22.5. The van der Waals surface area contributed by atoms with Gasteiger partial charge in [0.1, 0.15) is 42.5 Å². The second-order valence-electron chi connectivity index (χ2n) is 7.24. The van der Waals surface area contributed by atoms with Crippen LogP contribution in [0.5, 0.6) is 11.5 Å². The number of aliphatic hydroxyl groups is 3. The monoisotopic (exact) mass is 450 g/mol. The third kappa shape index (κ3) is 5.20. The molecule has 0 saturated carbocycles. The molecular formula is C23H27ClO7. The summed E-state index contributed by atoms with van der Waals surface area (Å²) in [6.45, 7) is 3.86. The van der Waals surface area contributed by atoms with Crippen LogP contribution in [0.25, 0.3) is 0 Å². The molecule has 3 N–H and O–H groups in total. The van der Waals surface area contributed by atoms with Crippen LogP contribution < -0.4 is 9.47 Å². The Hall–Kier alpha value is -2.13. The first-order chi connectivity index (χ1) is 14.9. The van der Waals surface area contributed by atoms with Crippen LogP contribution in [-0.2, 0) is 15.9 Å². The minimum absolute atomic E-state index is 0.211. The van der Waals surface area contributed by atoms with Gasteiger partial charge in [-0.1, -0.05) is 36.4 Å². The highest BCUT2D eigenvalue weighted by molar-refractivity contribution is 6.31. The Bertz CT molecular complexity index is 884. The van der Waals surface area contributed by atoms with Crippen LogP contribution >= 0.6 is 11.6 Å². The van der Waals surface area contributed by atoms with E-state index >= 15 is 0 Å². The van der Waals surface area contributed by atoms with Gasteiger partial charge in [0.2, 0.25) is 0 Å². The highest BCUT2D eigenvalue weighted by atomic mass is 35.5. The molecule has 1 aliphatic rings. The summed E-state index contributed by atoms with van der Waals surface area (Å²) in [6.07, 6.45) is -4.28. The first kappa shape index (κ1) is 23.5. The van der Waals surface area contributed by atoms with Crippen LogP contribution in [0.3, 0.4) is 0 Å². The Morgan fingerprint density at radius 3 is 2.39 bits per heavy atom. The van der Waals surface area contributed by atoms with E-state index in [0.717, 1.165) is 16.9 Å². The van der Waals surface area contributed by atoms with Crippen LogP contribution in [0.2, 0.25) is 5.02 Å². The maximum absolute atomic E-state index is 10.6. The first-order valence-electron chi connectivity index (χ1n) is 9.81. The largest absolute Gasteiger partial charge is 0.497 e. The van der Waals surface area contributed by atoms with Crippen molar-refractivity contribution in [3.63, 3.8) is 0 Å². The fourth-order valence-electron chi connectivity index (χ4n) is 3.51. The van der Waals surface area contributed by atoms with Crippen molar-refractivity contribution in [1.82, 2.24) is 0 Å². The van der Waals surface area contributed by atoms with E-state index in [1.807, 2.05) is 24.3 Å². The molecule has 1 aliphatic heterocycles. The van der Waals surface area contributed by atoms with Crippen molar-refractivity contribution in [3.05, 3.63) is 70.8 Å². The third-order valence-electron chi connectivity index (χ3n) is 5.20. The Kier molecular flexibility index (Phi) is 7.94. The van der Waals surface area contributed by atoms with Crippen molar-refractivity contribution in [2.24, 2.45) is 0 Å². The van der Waals surface area contributed by atoms with Crippen LogP contribution in [0.1, 0.15) is 22.8 Å². The third-order valence-corrected chi connectivity index (χ3v) is 5.55. The number of rotatable bonds is 8. The number of benzene rings is 2. The smallest absolute Gasteiger partial charge is 0.186 e. The lowest BCUT2D eigenvalue weighted by Crippen LogP contribution is -2.54. The van der Waals surface area contributed by atoms with E-state index in [9.17, 15) is 15.3 Å². The highest BCUT2D eigenvalue weighted by Crippen LogP contribution is 2.40. The molecule has 0 radical (unpaired) electrons. The van der Waals surface area contributed by atoms with Gasteiger partial charge in [0.15, 0.2) is 6.29 Å². The minimum atomic E-state index is -1.46. The summed E-state index contributed by atoms with van der Waals surface area (Å²) in [5.41, 5.74) is 2.26. The maximum Gasteiger partial charge on any atom is 0.186 e. The number of halogens is 1. The van der Waals surface area contributed by atoms with E-state index in [0.29, 0.717) is 22.8 Å². The van der Waals surface area contributed by atoms with Crippen LogP contribution in [0.15, 0.2) is 49.1 Å². The summed E-state index contributed by atoms with van der Waals surface area (Å²) in [5.74, 6) is 1.13. The number of methoxy groups -OCH3 is 2. The topological polar surface area (TPSA) is 97.6 Å². The molecule has 7 nitrogen and oxygen atoms in total. The second kappa shape index (κ2) is 10.5. The molecule has 168 valence electrons. The number of aliphatic hydroxyl groups excluding tert-OH is 3. The lowest BCUT2D eigenvalue weighted by molar-refractivity contribution is -0.292. The average Bonchev–Trinajstić information content (AvgIpc) is 2.78. The van der Waals surface area contributed by atoms with Crippen molar-refractivity contribution in [3.8, 4) is 11.5 Å². The van der Waals surface area contributed by atoms with Gasteiger partial charge in [0.25, 0.3) is 0 Å². The predicted octanol–water partition coefficient (Wildman–Crippen LogP) is 2.63. The highest BCUT2D eigenvalue weighted by Gasteiger charge is 2.45. The van der Waals surface area contributed by atoms with E-state index < -0.39 is 30.7 Å². The van der Waals surface area contributed by atoms with Gasteiger partial charge in [-0.2, -0.15) is 0 Å². The van der Waals surface area contributed by atoms with Crippen molar-refractivity contribution in [2.45, 2.75) is 37.1 Å². The van der Waals surface area contributed by atoms with E-state index in [4.69, 9.17) is 30.5 Å². The van der Waals surface area contributed by atoms with Gasteiger partial charge in [0.05, 0.1) is 7.11 Å². The van der Waals surface area contributed by atoms with E-state index in [1.54, 1.807) is 25.3 Å². The summed E-state index contributed by atoms with van der Waals surface area (Å²) in [6, 6.07) is 11.0. The Morgan fingerprint density at radius 2 is 1.77 bits per heavy atom. The molecular weight excluding hydrogens is 424 g/mol. The molecule has 31 heavy (non-hydrogen) atoms. The molecule has 8 heteroatoms. The van der Waals surface area contributed by atoms with Crippen molar-refractivity contribution in [1.29, 1.82) is 0 Å². The average molecular weight is 451 g/mol. The molecule has 0 unspecified atom stereocenters. The SMILES string of the molecule is C=CCOc1cc(Cl)c(Cc2ccc(OC)cc2)cc1[C@@H]1O[C@H](OC)[C@@H](O)[C@H](O)[C@H]1O. The molecule has 0 aliphatic carbocycles. The molecule has 2 aromatic carbocycles. The standard InChI is InChI=1S/C23H27ClO7/c1-4-9-30-18-12-17(24)14(10-13-5-7-15(28-2)8-6-13)11-16(18)22-20(26)19(25)21(27)23(29-3)31-22/h4-8,11-12,19-23,25-27H,1,9-10H2,2-3H3/t19-,20-,21+,22+,23+/m1/s1. The Balaban J connectivity index is 1.99. The van der Waals surface area contributed by atoms with Gasteiger partial charge in [-0.05, 0) is 41.8 Å². The van der Waals surface area contributed by atoms with Crippen LogP contribution in [0, 0.1) is 0 Å². The normalized spacial score (nSPS) is 25.8. The second-order valence-corrected chi connectivity index (χ2v) is 7.65. The molecule has 0 amide bonds. The molecule has 3 rings (SSSR count).